The monoisotopic (exact) mass is 2010 g/mol. The highest BCUT2D eigenvalue weighted by Gasteiger charge is 2.61. The lowest BCUT2D eigenvalue weighted by Gasteiger charge is -2.51. The lowest BCUT2D eigenvalue weighted by atomic mass is 9.68. The zero-order chi connectivity index (χ0) is 102. The molecular weight excluding hydrogens is 1840 g/mol. The van der Waals surface area contributed by atoms with E-state index in [-0.39, 0.29) is 129 Å². The summed E-state index contributed by atoms with van der Waals surface area (Å²) in [7, 11) is 11.2. The molecule has 6 aliphatic heterocycles. The molecule has 0 bridgehead atoms. The molecule has 1 N–H and O–H groups in total. The van der Waals surface area contributed by atoms with E-state index in [2.05, 4.69) is 223 Å². The van der Waals surface area contributed by atoms with E-state index in [0.717, 1.165) is 135 Å². The number of rotatable bonds is 34. The Bertz CT molecular complexity index is 5260. The molecule has 18 rings (SSSR count). The Morgan fingerprint density at radius 2 is 0.671 bits per heavy atom. The van der Waals surface area contributed by atoms with Crippen molar-refractivity contribution in [3.8, 4) is 6.07 Å². The first kappa shape index (κ1) is 109. The second-order valence-corrected chi connectivity index (χ2v) is 51.7. The van der Waals surface area contributed by atoms with Gasteiger partial charge in [-0.25, -0.2) is 36.0 Å². The molecule has 0 radical (unpaired) electrons. The molecule has 8 aliphatic carbocycles. The first-order valence-electron chi connectivity index (χ1n) is 54.4. The van der Waals surface area contributed by atoms with Crippen molar-refractivity contribution in [2.75, 3.05) is 179 Å². The van der Waals surface area contributed by atoms with Gasteiger partial charge in [0.25, 0.3) is 0 Å². The van der Waals surface area contributed by atoms with Gasteiger partial charge in [0.2, 0.25) is 15.9 Å². The third-order valence-corrected chi connectivity index (χ3v) is 40.4. The summed E-state index contributed by atoms with van der Waals surface area (Å²) < 4.78 is 48.6. The molecule has 0 atom stereocenters. The average Bonchev–Trinajstić information content (AvgIpc) is 1.59. The molecule has 8 saturated carbocycles. The summed E-state index contributed by atoms with van der Waals surface area (Å²) in [6, 6.07) is 45.3. The maximum Gasteiger partial charge on any atom is 0.321 e. The smallest absolute Gasteiger partial charge is 0.321 e. The van der Waals surface area contributed by atoms with Gasteiger partial charge in [0, 0.05) is 126 Å². The van der Waals surface area contributed by atoms with Crippen LogP contribution in [0.25, 0.3) is 0 Å². The number of sulfone groups is 1. The molecule has 6 heterocycles. The van der Waals surface area contributed by atoms with Crippen LogP contribution in [0.4, 0.5) is 19.2 Å². The molecule has 143 heavy (non-hydrogen) atoms. The fourth-order valence-electron chi connectivity index (χ4n) is 26.9. The van der Waals surface area contributed by atoms with Gasteiger partial charge in [-0.15, -0.1) is 0 Å². The number of amides is 9. The minimum Gasteiger partial charge on any atom is -0.390 e. The number of ketones is 3. The topological polar surface area (TPSA) is 294 Å². The highest BCUT2D eigenvalue weighted by Crippen LogP contribution is 2.56. The van der Waals surface area contributed by atoms with Crippen LogP contribution in [-0.2, 0) is 61.2 Å². The minimum atomic E-state index is -3.26. The van der Waals surface area contributed by atoms with Crippen LogP contribution in [0.15, 0.2) is 121 Å². The first-order chi connectivity index (χ1) is 68.1. The van der Waals surface area contributed by atoms with E-state index in [1.165, 1.54) is 110 Å². The van der Waals surface area contributed by atoms with Crippen molar-refractivity contribution in [1.82, 2.24) is 68.0 Å². The van der Waals surface area contributed by atoms with Crippen molar-refractivity contribution in [2.24, 2.45) is 29.6 Å². The number of piperazine rings is 1. The molecule has 30 heteroatoms. The zero-order valence-electron chi connectivity index (χ0n) is 88.2. The van der Waals surface area contributed by atoms with Gasteiger partial charge in [-0.2, -0.15) is 9.57 Å². The largest absolute Gasteiger partial charge is 0.390 e. The molecule has 28 nitrogen and oxygen atoms in total. The summed E-state index contributed by atoms with van der Waals surface area (Å²) in [6.07, 6.45) is 35.8. The predicted octanol–water partition coefficient (Wildman–Crippen LogP) is 15.8. The number of Topliss-reactive ketones (excluding diaryl/α,β-unsaturated/α-hetero) is 3. The van der Waals surface area contributed by atoms with Crippen molar-refractivity contribution >= 4 is 67.2 Å². The summed E-state index contributed by atoms with van der Waals surface area (Å²) in [4.78, 5) is 133. The van der Waals surface area contributed by atoms with E-state index in [1.54, 1.807) is 33.4 Å². The van der Waals surface area contributed by atoms with Crippen molar-refractivity contribution in [1.29, 1.82) is 5.26 Å². The number of hydrogen-bond donors (Lipinski definition) is 1. The summed E-state index contributed by atoms with van der Waals surface area (Å²) in [5.41, 5.74) is 3.60. The van der Waals surface area contributed by atoms with Crippen molar-refractivity contribution < 1.29 is 60.3 Å². The third kappa shape index (κ3) is 24.4. The highest BCUT2D eigenvalue weighted by molar-refractivity contribution is 7.91. The number of carbonyl (C=O) groups excluding carboxylic acids is 8. The second kappa shape index (κ2) is 45.7. The summed E-state index contributed by atoms with van der Waals surface area (Å²) in [6.45, 7) is 11.2. The molecule has 14 aliphatic rings. The number of sulfonamides is 1. The summed E-state index contributed by atoms with van der Waals surface area (Å²) >= 11 is 0. The third-order valence-electron chi connectivity index (χ3n) is 37.4. The number of unbranched alkanes of at least 4 members (excludes halogenated alkanes) is 1. The van der Waals surface area contributed by atoms with Crippen LogP contribution >= 0.6 is 0 Å². The molecule has 6 saturated heterocycles. The molecule has 786 valence electrons. The number of carbonyl (C=O) groups is 8. The quantitative estimate of drug-likeness (QED) is 0.0425. The number of nitriles is 1. The van der Waals surface area contributed by atoms with Crippen LogP contribution in [0.3, 0.4) is 0 Å². The molecule has 14 fully saturated rings. The van der Waals surface area contributed by atoms with Gasteiger partial charge in [0.15, 0.2) is 17.3 Å². The second-order valence-electron chi connectivity index (χ2n) is 47.4. The minimum absolute atomic E-state index is 0.00270. The molecule has 4 aromatic carbocycles. The fraction of sp³-hybridized carbons (Fsp3) is 0.708. The van der Waals surface area contributed by atoms with Crippen molar-refractivity contribution in [3.05, 3.63) is 144 Å². The van der Waals surface area contributed by atoms with E-state index in [0.29, 0.717) is 133 Å². The molecular formula is C113H169N15O13S2. The van der Waals surface area contributed by atoms with Gasteiger partial charge in [-0.1, -0.05) is 147 Å². The van der Waals surface area contributed by atoms with E-state index < -0.39 is 25.5 Å². The Morgan fingerprint density at radius 3 is 0.923 bits per heavy atom. The van der Waals surface area contributed by atoms with Crippen LogP contribution in [0.2, 0.25) is 0 Å². The zero-order valence-corrected chi connectivity index (χ0v) is 89.8. The number of nitrogens with zero attached hydrogens (tertiary/aromatic N) is 15. The van der Waals surface area contributed by atoms with Crippen molar-refractivity contribution in [2.45, 2.75) is 301 Å². The van der Waals surface area contributed by atoms with E-state index in [4.69, 9.17) is 5.26 Å². The molecule has 9 amide bonds. The highest BCUT2D eigenvalue weighted by atomic mass is 32.2. The average molecular weight is 2010 g/mol. The van der Waals surface area contributed by atoms with Gasteiger partial charge in [-0.3, -0.25) is 38.8 Å². The Hall–Kier alpha value is -8.41. The first-order valence-corrected chi connectivity index (χ1v) is 58.0. The Kier molecular flexibility index (Phi) is 34.8. The number of aliphatic hydroxyl groups is 1. The van der Waals surface area contributed by atoms with E-state index in [9.17, 15) is 60.3 Å². The lowest BCUT2D eigenvalue weighted by Crippen LogP contribution is -2.56. The molecule has 4 aromatic rings. The van der Waals surface area contributed by atoms with E-state index in [1.807, 2.05) is 4.90 Å². The van der Waals surface area contributed by atoms with Gasteiger partial charge in [-0.05, 0) is 308 Å². The van der Waals surface area contributed by atoms with Crippen LogP contribution in [-0.4, -0.2) is 344 Å². The Labute approximate surface area is 855 Å². The van der Waals surface area contributed by atoms with Gasteiger partial charge < -0.3 is 49.2 Å². The van der Waals surface area contributed by atoms with Gasteiger partial charge in [0.05, 0.1) is 71.2 Å². The Morgan fingerprint density at radius 1 is 0.399 bits per heavy atom. The van der Waals surface area contributed by atoms with Crippen LogP contribution in [0.1, 0.15) is 274 Å². The number of urea groups is 4. The maximum absolute atomic E-state index is 13.8. The lowest BCUT2D eigenvalue weighted by molar-refractivity contribution is -0.133. The predicted molar refractivity (Wildman–Crippen MR) is 560 cm³/mol. The molecule has 0 unspecified atom stereocenters. The molecule has 0 aromatic heterocycles. The summed E-state index contributed by atoms with van der Waals surface area (Å²) in [5, 5.41) is 18.7. The van der Waals surface area contributed by atoms with Crippen LogP contribution in [0, 0.1) is 40.9 Å². The molecule has 4 spiro atoms. The van der Waals surface area contributed by atoms with Gasteiger partial charge in [0.1, 0.15) is 16.4 Å². The van der Waals surface area contributed by atoms with Gasteiger partial charge >= 0.3 is 24.1 Å². The Balaban J connectivity index is 0.000000144. The van der Waals surface area contributed by atoms with Crippen molar-refractivity contribution in [3.63, 3.8) is 0 Å². The number of hydrogen-bond acceptors (Lipinski definition) is 18. The standard InChI is InChI=1S/C30H45N3O4S.C28H43N5O4S.C28H43N3O3.C27H38N4O2/c1-31(2)30(26-9-4-3-5-10-26)17-15-29(16-18-30)23-32(28(35)33(29)21-25-7-6-8-25)22-27(34)12-11-24-13-19-38(36,37)20-14-24;1-29(2)28(24-10-5-4-6-11-24)14-12-27(13-15-28)22-31(26(35)33(27)20-23-8-7-9-23)21-25(34)30-16-18-32(19-17-30)38(3,36)37;1-26(2,34)14-13-24(32)20-30-21-27(31(25(30)33)19-22-9-8-10-22)15-17-28(18-16-27,29(3)4)23-11-6-5-7-12-23;1-29(2)27(23-11-4-3-5-12-23)16-14-26(15-17-27)21-30(20-24(32)13-6-7-18-28)25(33)31(26)19-22-9-8-10-22/h3-5,9-10,24-25H,6-8,11-23H2,1-2H3;4-6,10-11,23H,7-9,12-22H2,1-3H3;5-7,11-12,22,34H,8-10,13-21H2,1-4H3;3-5,11-12,22H,6-10,13-17,19-21H2,1-2H3. The SMILES string of the molecule is CN(C)C1(c2ccccc2)CCC2(CC1)CN(CC(=O)CCC(C)(C)O)C(=O)N2CC1CCC1.CN(C)C1(c2ccccc2)CCC2(CC1)CN(CC(=O)CCC1CCS(=O)(=O)CC1)C(=O)N2CC1CCC1.CN(C)C1(c2ccccc2)CCC2(CC1)CN(CC(=O)CCCC#N)C(=O)N2CC1CCC1.CN(C)C1(c2ccccc2)CCC2(CC1)CN(CC(=O)N1CCN(S(C)(=O)=O)CC1)C(=O)N2CC1CCC1. The van der Waals surface area contributed by atoms with Crippen LogP contribution < -0.4 is 0 Å². The number of benzene rings is 4. The maximum atomic E-state index is 13.8. The van der Waals surface area contributed by atoms with Crippen LogP contribution in [0.5, 0.6) is 0 Å². The summed E-state index contributed by atoms with van der Waals surface area (Å²) in [5.74, 6) is 3.26. The normalized spacial score (nSPS) is 26.2. The van der Waals surface area contributed by atoms with E-state index >= 15 is 0 Å². The fourth-order valence-corrected chi connectivity index (χ4v) is 29.3.